The van der Waals surface area contributed by atoms with Crippen LogP contribution in [0.2, 0.25) is 0 Å². The molecule has 3 aromatic heterocycles. The third kappa shape index (κ3) is 8.28. The first-order chi connectivity index (χ1) is 40.8. The first kappa shape index (κ1) is 38.8. The Morgan fingerprint density at radius 2 is 1.06 bits per heavy atom. The molecule has 0 saturated carbocycles. The second kappa shape index (κ2) is 18.0. The predicted octanol–water partition coefficient (Wildman–Crippen LogP) is 19.8. The average Bonchev–Trinajstić information content (AvgIpc) is 0.824. The lowest BCUT2D eigenvalue weighted by Gasteiger charge is -2.27. The Morgan fingerprint density at radius 1 is 0.442 bits per heavy atom. The monoisotopic (exact) mass is 1010 g/mol. The summed E-state index contributed by atoms with van der Waals surface area (Å²) < 4.78 is 91.3. The molecule has 4 heterocycles. The number of rotatable bonds is 6. The van der Waals surface area contributed by atoms with Crippen LogP contribution in [-0.2, 0) is 22.9 Å². The smallest absolute Gasteiger partial charge is 0.137 e. The van der Waals surface area contributed by atoms with Crippen LogP contribution in [0.5, 0.6) is 11.5 Å². The summed E-state index contributed by atoms with van der Waals surface area (Å²) in [4.78, 5) is 7.19. The van der Waals surface area contributed by atoms with Crippen LogP contribution in [0.25, 0.3) is 93.2 Å². The molecular weight excluding hydrogens is 937 g/mol. The van der Waals surface area contributed by atoms with Gasteiger partial charge in [0.1, 0.15) is 24.0 Å². The molecule has 5 nitrogen and oxygen atoms in total. The quantitative estimate of drug-likeness (QED) is 0.166. The third-order valence-electron chi connectivity index (χ3n) is 15.5. The fourth-order valence-electron chi connectivity index (χ4n) is 11.6. The van der Waals surface area contributed by atoms with Crippen LogP contribution in [-0.4, -0.2) is 14.1 Å². The molecule has 13 rings (SSSR count). The van der Waals surface area contributed by atoms with Gasteiger partial charge in [-0.05, 0) is 120 Å². The van der Waals surface area contributed by atoms with E-state index in [-0.39, 0.29) is 17.6 Å². The Hall–Kier alpha value is -8.67. The Morgan fingerprint density at radius 3 is 1.83 bits per heavy atom. The van der Waals surface area contributed by atoms with Gasteiger partial charge in [-0.2, -0.15) is 0 Å². The van der Waals surface area contributed by atoms with Crippen molar-refractivity contribution in [3.63, 3.8) is 0 Å². The van der Waals surface area contributed by atoms with Crippen molar-refractivity contribution in [1.82, 2.24) is 14.1 Å². The molecule has 77 heavy (non-hydrogen) atoms. The van der Waals surface area contributed by atoms with Gasteiger partial charge in [-0.3, -0.25) is 4.57 Å². The topological polar surface area (TPSA) is 35.2 Å². The molecule has 0 saturated heterocycles. The summed E-state index contributed by atoms with van der Waals surface area (Å²) in [6, 6.07) is 69.6. The molecule has 12 aromatic rings. The highest BCUT2D eigenvalue weighted by molar-refractivity contribution is 6.25. The summed E-state index contributed by atoms with van der Waals surface area (Å²) in [6.07, 6.45) is 1.88. The largest absolute Gasteiger partial charge is 0.457 e. The van der Waals surface area contributed by atoms with Gasteiger partial charge in [0.25, 0.3) is 0 Å². The number of hydrogen-bond acceptors (Lipinski definition) is 3. The zero-order valence-electron chi connectivity index (χ0n) is 53.1. The summed E-state index contributed by atoms with van der Waals surface area (Å²) >= 11 is 0. The van der Waals surface area contributed by atoms with Crippen molar-refractivity contribution < 1.29 is 17.1 Å². The van der Waals surface area contributed by atoms with E-state index in [1.54, 1.807) is 0 Å². The van der Waals surface area contributed by atoms with E-state index < -0.39 is 31.4 Å². The summed E-state index contributed by atoms with van der Waals surface area (Å²) in [5.74, 6) is 2.09. The summed E-state index contributed by atoms with van der Waals surface area (Å²) in [6.45, 7) is 2.33. The molecule has 1 aliphatic rings. The van der Waals surface area contributed by atoms with Gasteiger partial charge in [-0.15, -0.1) is 0 Å². The second-order valence-electron chi connectivity index (χ2n) is 22.6. The van der Waals surface area contributed by atoms with Gasteiger partial charge >= 0.3 is 0 Å². The minimum Gasteiger partial charge on any atom is -0.457 e. The van der Waals surface area contributed by atoms with E-state index in [0.717, 1.165) is 93.5 Å². The molecule has 0 radical (unpaired) electrons. The highest BCUT2D eigenvalue weighted by atomic mass is 16.5. The summed E-state index contributed by atoms with van der Waals surface area (Å²) in [7, 11) is 0. The fourth-order valence-corrected chi connectivity index (χ4v) is 11.6. The zero-order chi connectivity index (χ0) is 60.5. The van der Waals surface area contributed by atoms with Crippen molar-refractivity contribution in [2.45, 2.75) is 85.0 Å². The molecular formula is C72H64N4O. The lowest BCUT2D eigenvalue weighted by Crippen LogP contribution is -2.17. The molecule has 9 aromatic carbocycles. The van der Waals surface area contributed by atoms with E-state index in [9.17, 15) is 0 Å². The maximum atomic E-state index is 8.88. The highest BCUT2D eigenvalue weighted by Crippen LogP contribution is 2.48. The minimum atomic E-state index is -3.48. The summed E-state index contributed by atoms with van der Waals surface area (Å²) in [5.41, 5.74) is 6.10. The predicted molar refractivity (Wildman–Crippen MR) is 326 cm³/mol. The number of aromatic nitrogens is 3. The first-order valence-corrected chi connectivity index (χ1v) is 26.4. The second-order valence-corrected chi connectivity index (χ2v) is 22.6. The van der Waals surface area contributed by atoms with Gasteiger partial charge in [0.2, 0.25) is 0 Å². The van der Waals surface area contributed by atoms with E-state index in [4.69, 9.17) is 22.1 Å². The lowest BCUT2D eigenvalue weighted by molar-refractivity contribution is 0.483. The molecule has 0 amide bonds. The number of pyridine rings is 1. The Balaban J connectivity index is 1.07. The van der Waals surface area contributed by atoms with Crippen LogP contribution in [0.3, 0.4) is 0 Å². The van der Waals surface area contributed by atoms with Crippen LogP contribution < -0.4 is 9.64 Å². The van der Waals surface area contributed by atoms with E-state index >= 15 is 0 Å². The van der Waals surface area contributed by atoms with Crippen LogP contribution >= 0.6 is 0 Å². The van der Waals surface area contributed by atoms with Gasteiger partial charge in [-0.25, -0.2) is 4.98 Å². The van der Waals surface area contributed by atoms with Crippen molar-refractivity contribution in [2.24, 2.45) is 0 Å². The Kier molecular flexibility index (Phi) is 9.07. The SMILES string of the molecule is [2H]C([2H])([2H])C(c1cc(-c2cccc3c4ccccc4c4cccc(-c5ccccc5)c4c4cccc5c4n(c23)CN5c2cccc(Oc3ccc4c5ccccc5n(-c5cc(C(C)(C)C)ccn5)c4c3)c2)cc(C(C)(C)C)c1)(C([2H])([2H])[2H])C([2H])([2H])[2H]. The fraction of sp³-hybridized carbons (Fsp3) is 0.181. The number of anilines is 2. The lowest BCUT2D eigenvalue weighted by atomic mass is 9.78. The maximum Gasteiger partial charge on any atom is 0.137 e. The molecule has 5 heteroatoms. The van der Waals surface area contributed by atoms with E-state index in [1.807, 2.05) is 75.5 Å². The summed E-state index contributed by atoms with van der Waals surface area (Å²) in [5, 5.41) is 7.99. The van der Waals surface area contributed by atoms with Crippen molar-refractivity contribution in [3.05, 3.63) is 229 Å². The molecule has 0 fully saturated rings. The molecule has 0 N–H and O–H groups in total. The van der Waals surface area contributed by atoms with Crippen LogP contribution in [0, 0.1) is 0 Å². The first-order valence-electron chi connectivity index (χ1n) is 30.9. The number of ether oxygens (including phenoxy) is 1. The van der Waals surface area contributed by atoms with Crippen molar-refractivity contribution in [2.75, 3.05) is 4.90 Å². The number of para-hydroxylation sites is 3. The highest BCUT2D eigenvalue weighted by Gasteiger charge is 2.28. The molecule has 0 unspecified atom stereocenters. The normalized spacial score (nSPS) is 15.1. The van der Waals surface area contributed by atoms with Crippen molar-refractivity contribution in [1.29, 1.82) is 0 Å². The zero-order valence-corrected chi connectivity index (χ0v) is 44.1. The Bertz CT molecular complexity index is 4730. The third-order valence-corrected chi connectivity index (χ3v) is 15.5. The van der Waals surface area contributed by atoms with Gasteiger partial charge in [0.05, 0.1) is 27.8 Å². The average molecular weight is 1010 g/mol. The van der Waals surface area contributed by atoms with E-state index in [0.29, 0.717) is 28.2 Å². The van der Waals surface area contributed by atoms with E-state index in [2.05, 4.69) is 180 Å². The van der Waals surface area contributed by atoms with Gasteiger partial charge in [0, 0.05) is 63.5 Å². The van der Waals surface area contributed by atoms with Crippen LogP contribution in [0.4, 0.5) is 11.4 Å². The Labute approximate surface area is 464 Å². The van der Waals surface area contributed by atoms with Crippen LogP contribution in [0.1, 0.15) is 91.1 Å². The van der Waals surface area contributed by atoms with Crippen molar-refractivity contribution in [3.8, 4) is 39.6 Å². The van der Waals surface area contributed by atoms with Crippen molar-refractivity contribution >= 4 is 76.5 Å². The molecule has 1 aliphatic heterocycles. The molecule has 378 valence electrons. The van der Waals surface area contributed by atoms with E-state index in [1.165, 1.54) is 17.7 Å². The molecule has 0 aliphatic carbocycles. The number of fused-ring (bicyclic) bond motifs is 10. The van der Waals surface area contributed by atoms with Gasteiger partial charge in [-0.1, -0.05) is 208 Å². The van der Waals surface area contributed by atoms with Gasteiger partial charge < -0.3 is 14.2 Å². The molecule has 0 bridgehead atoms. The number of hydrogen-bond donors (Lipinski definition) is 0. The standard InChI is InChI=1S/C72H64N4O/c1-70(2,3)48-37-38-73-66(42-48)76-63-33-16-15-27-58(63)59-36-35-53(44-65(59)76)77-52-24-17-23-51(43-52)74-45-75-68-55(47-39-49(71(4,5)6)41-50(40-47)72(7,8)9)29-19-31-61(68)57-26-14-13-25-56(57)60-30-18-28-54(46-21-11-10-12-22-46)67(60)62-32-20-34-64(74)69(62)75/h10-44H,45H2,1-9H3/i4D3,5D3,6D3. The number of benzene rings is 9. The molecule has 0 spiro atoms. The van der Waals surface area contributed by atoms with Crippen LogP contribution in [0.15, 0.2) is 212 Å². The molecule has 0 atom stereocenters. The maximum absolute atomic E-state index is 8.88. The minimum absolute atomic E-state index is 0.0864. The van der Waals surface area contributed by atoms with Gasteiger partial charge in [0.15, 0.2) is 0 Å². The number of nitrogens with zero attached hydrogens (tertiary/aromatic N) is 4.